The van der Waals surface area contributed by atoms with Gasteiger partial charge in [-0.1, -0.05) is 41.5 Å². The fraction of sp³-hybridized carbons (Fsp3) is 0.958. The Balaban J connectivity index is 0.000000195. The zero-order chi connectivity index (χ0) is 42.3. The molecule has 0 aromatic carbocycles. The number of hydrogen-bond donors (Lipinski definition) is 6. The molecule has 59 heavy (non-hydrogen) atoms. The maximum atomic E-state index is 11.5. The maximum absolute atomic E-state index is 11.5. The largest absolute Gasteiger partial charge is 2.00 e. The minimum Gasteiger partial charge on any atom is -0.550 e. The number of carbonyl (C=O) groups is 2. The molecule has 0 saturated heterocycles. The number of aliphatic hydroxyl groups excluding tert-OH is 6. The van der Waals surface area contributed by atoms with Crippen molar-refractivity contribution >= 4 is 49.7 Å². The summed E-state index contributed by atoms with van der Waals surface area (Å²) in [5, 5.41) is 87.7. The number of aliphatic hydroxyl groups is 6. The van der Waals surface area contributed by atoms with Gasteiger partial charge < -0.3 is 50.4 Å². The van der Waals surface area contributed by atoms with Crippen molar-refractivity contribution in [2.24, 2.45) is 92.7 Å². The summed E-state index contributed by atoms with van der Waals surface area (Å²) in [6.07, 6.45) is 11.4. The van der Waals surface area contributed by atoms with Crippen LogP contribution in [0.15, 0.2) is 0 Å². The van der Waals surface area contributed by atoms with Crippen molar-refractivity contribution < 1.29 is 50.4 Å². The second-order valence-electron chi connectivity index (χ2n) is 22.8. The number of hydrogen-bond acceptors (Lipinski definition) is 10. The van der Waals surface area contributed by atoms with Gasteiger partial charge in [-0.2, -0.15) is 0 Å². The van der Waals surface area contributed by atoms with Gasteiger partial charge in [0, 0.05) is 11.9 Å². The molecule has 0 aromatic heterocycles. The Labute approximate surface area is 384 Å². The van der Waals surface area contributed by atoms with E-state index in [2.05, 4.69) is 41.5 Å². The third kappa shape index (κ3) is 8.29. The van der Waals surface area contributed by atoms with Crippen molar-refractivity contribution in [1.82, 2.24) is 0 Å². The van der Waals surface area contributed by atoms with E-state index in [4.69, 9.17) is 0 Å². The van der Waals surface area contributed by atoms with Crippen molar-refractivity contribution in [3.63, 3.8) is 0 Å². The van der Waals surface area contributed by atoms with Crippen molar-refractivity contribution in [1.29, 1.82) is 0 Å². The van der Waals surface area contributed by atoms with Crippen LogP contribution in [0.3, 0.4) is 0 Å². The first kappa shape index (κ1) is 48.4. The quantitative estimate of drug-likeness (QED) is 0.195. The van der Waals surface area contributed by atoms with Gasteiger partial charge in [0.2, 0.25) is 0 Å². The van der Waals surface area contributed by atoms with Crippen LogP contribution < -0.4 is 10.2 Å². The Morgan fingerprint density at radius 1 is 0.542 bits per heavy atom. The van der Waals surface area contributed by atoms with Crippen molar-refractivity contribution in [2.75, 3.05) is 0 Å². The SMILES string of the molecule is CC(CCC(=O)[O-])C1CCC2C3C(O)CC4CC(O)CCC4(C)C3CC(O)C12C.CC(CCC(=O)[O-])C1CCC2C3C(O)CC4CC(O)CCC4(C)C3CC(O)C12C.[Ca+2]. The minimum atomic E-state index is -0.998. The molecule has 0 radical (unpaired) electrons. The van der Waals surface area contributed by atoms with Crippen molar-refractivity contribution in [3.05, 3.63) is 0 Å². The molecular weight excluding hydrogens is 777 g/mol. The molecule has 0 aliphatic heterocycles. The Morgan fingerprint density at radius 3 is 1.24 bits per heavy atom. The molecule has 0 spiro atoms. The van der Waals surface area contributed by atoms with Crippen LogP contribution in [0.25, 0.3) is 0 Å². The van der Waals surface area contributed by atoms with E-state index < -0.39 is 24.1 Å². The molecule has 0 bridgehead atoms. The minimum absolute atomic E-state index is 0. The summed E-state index contributed by atoms with van der Waals surface area (Å²) in [6.45, 7) is 13.3. The fourth-order valence-corrected chi connectivity index (χ4v) is 17.4. The van der Waals surface area contributed by atoms with Gasteiger partial charge in [0.05, 0.1) is 36.6 Å². The Morgan fingerprint density at radius 2 is 0.898 bits per heavy atom. The third-order valence-corrected chi connectivity index (χ3v) is 20.6. The zero-order valence-electron chi connectivity index (χ0n) is 37.1. The molecule has 6 N–H and O–H groups in total. The molecule has 8 fully saturated rings. The smallest absolute Gasteiger partial charge is 0.550 e. The van der Waals surface area contributed by atoms with Gasteiger partial charge in [-0.05, 0) is 208 Å². The van der Waals surface area contributed by atoms with E-state index in [0.717, 1.165) is 89.9 Å². The molecule has 8 aliphatic rings. The normalized spacial score (nSPS) is 52.0. The van der Waals surface area contributed by atoms with Crippen LogP contribution >= 0.6 is 0 Å². The molecule has 8 aliphatic carbocycles. The summed E-state index contributed by atoms with van der Waals surface area (Å²) in [5.74, 6) is 1.27. The third-order valence-electron chi connectivity index (χ3n) is 20.6. The topological polar surface area (TPSA) is 202 Å². The molecule has 0 amide bonds. The number of fused-ring (bicyclic) bond motifs is 10. The van der Waals surface area contributed by atoms with E-state index in [0.29, 0.717) is 36.5 Å². The van der Waals surface area contributed by atoms with E-state index in [-0.39, 0.29) is 144 Å². The van der Waals surface area contributed by atoms with E-state index in [9.17, 15) is 50.4 Å². The molecule has 22 atom stereocenters. The molecule has 8 saturated carbocycles. The predicted molar refractivity (Wildman–Crippen MR) is 221 cm³/mol. The van der Waals surface area contributed by atoms with Crippen LogP contribution in [0.1, 0.15) is 157 Å². The van der Waals surface area contributed by atoms with Gasteiger partial charge in [-0.15, -0.1) is 0 Å². The molecule has 0 aromatic rings. The number of carboxylic acid groups (broad SMARTS) is 2. The number of carbonyl (C=O) groups excluding carboxylic acids is 2. The summed E-state index contributed by atoms with van der Waals surface area (Å²) in [5.41, 5.74) is -0.343. The van der Waals surface area contributed by atoms with Crippen LogP contribution in [0, 0.1) is 92.7 Å². The van der Waals surface area contributed by atoms with Crippen LogP contribution in [-0.4, -0.2) is 117 Å². The van der Waals surface area contributed by atoms with Crippen molar-refractivity contribution in [3.8, 4) is 0 Å². The molecule has 0 heterocycles. The monoisotopic (exact) mass is 855 g/mol. The first-order chi connectivity index (χ1) is 27.2. The molecule has 332 valence electrons. The maximum Gasteiger partial charge on any atom is 2.00 e. The number of carboxylic acids is 2. The second-order valence-corrected chi connectivity index (χ2v) is 22.8. The van der Waals surface area contributed by atoms with Gasteiger partial charge >= 0.3 is 37.7 Å². The van der Waals surface area contributed by atoms with Crippen LogP contribution in [-0.2, 0) is 9.59 Å². The summed E-state index contributed by atoms with van der Waals surface area (Å²) >= 11 is 0. The first-order valence-electron chi connectivity index (χ1n) is 23.7. The summed E-state index contributed by atoms with van der Waals surface area (Å²) in [4.78, 5) is 21.9. The van der Waals surface area contributed by atoms with E-state index in [1.807, 2.05) is 0 Å². The Bertz CT molecular complexity index is 1390. The van der Waals surface area contributed by atoms with E-state index in [1.165, 1.54) is 0 Å². The first-order valence-corrected chi connectivity index (χ1v) is 23.7. The standard InChI is InChI=1S/2C24H40O5.Ca/c2*1-13(4-7-21(28)29)16-5-6-17-22-18(12-20(27)24(16,17)3)23(2)9-8-15(25)10-14(23)11-19(22)26;/h2*13-20,22,25-27H,4-12H2,1-3H3,(H,28,29);/q;;+2/p-2. The van der Waals surface area contributed by atoms with Crippen molar-refractivity contribution in [2.45, 2.75) is 194 Å². The average Bonchev–Trinajstić information content (AvgIpc) is 3.70. The fourth-order valence-electron chi connectivity index (χ4n) is 17.4. The Kier molecular flexibility index (Phi) is 14.8. The van der Waals surface area contributed by atoms with Crippen LogP contribution in [0.2, 0.25) is 0 Å². The van der Waals surface area contributed by atoms with E-state index in [1.54, 1.807) is 0 Å². The Hall–Kier alpha value is -0.0403. The summed E-state index contributed by atoms with van der Waals surface area (Å²) < 4.78 is 0. The van der Waals surface area contributed by atoms with Gasteiger partial charge in [-0.3, -0.25) is 0 Å². The van der Waals surface area contributed by atoms with Crippen LogP contribution in [0.5, 0.6) is 0 Å². The molecule has 11 heteroatoms. The van der Waals surface area contributed by atoms with Gasteiger partial charge in [-0.25, -0.2) is 0 Å². The predicted octanol–water partition coefficient (Wildman–Crippen LogP) is 3.85. The molecular formula is C48H78CaO10. The van der Waals surface area contributed by atoms with Gasteiger partial charge in [0.1, 0.15) is 0 Å². The molecule has 22 unspecified atom stereocenters. The molecule has 10 nitrogen and oxygen atoms in total. The van der Waals surface area contributed by atoms with Crippen LogP contribution in [0.4, 0.5) is 0 Å². The zero-order valence-corrected chi connectivity index (χ0v) is 39.4. The molecule has 8 rings (SSSR count). The van der Waals surface area contributed by atoms with Gasteiger partial charge in [0.25, 0.3) is 0 Å². The van der Waals surface area contributed by atoms with Gasteiger partial charge in [0.15, 0.2) is 0 Å². The summed E-state index contributed by atoms with van der Waals surface area (Å²) in [7, 11) is 0. The average molecular weight is 855 g/mol. The number of rotatable bonds is 8. The number of aliphatic carboxylic acids is 2. The van der Waals surface area contributed by atoms with E-state index >= 15 is 0 Å². The summed E-state index contributed by atoms with van der Waals surface area (Å²) in [6, 6.07) is 0. The second kappa shape index (κ2) is 18.1.